The van der Waals surface area contributed by atoms with Crippen LogP contribution in [0.5, 0.6) is 0 Å². The fraction of sp³-hybridized carbons (Fsp3) is 0.600. The molecule has 1 aromatic heterocycles. The minimum absolute atomic E-state index is 0.109. The van der Waals surface area contributed by atoms with E-state index in [1.54, 1.807) is 10.6 Å². The molecule has 1 aliphatic rings. The Morgan fingerprint density at radius 1 is 1.45 bits per heavy atom. The number of aromatic nitrogens is 1. The molecule has 0 aliphatic carbocycles. The molecule has 5 nitrogen and oxygen atoms in total. The van der Waals surface area contributed by atoms with E-state index in [-0.39, 0.29) is 11.1 Å². The standard InChI is InChI=1S/C15H22N2O3/c1-10(2)4-7-17-13-5-6-16(3)9-11(13)8-12(14(17)18)15(19)20/h8,10H,4-7,9H2,1-3H3,(H,19,20). The molecule has 0 radical (unpaired) electrons. The maximum absolute atomic E-state index is 12.3. The molecule has 1 aromatic rings. The minimum Gasteiger partial charge on any atom is -0.477 e. The summed E-state index contributed by atoms with van der Waals surface area (Å²) >= 11 is 0. The Labute approximate surface area is 118 Å². The van der Waals surface area contributed by atoms with Crippen LogP contribution < -0.4 is 5.56 Å². The molecule has 0 fully saturated rings. The van der Waals surface area contributed by atoms with Gasteiger partial charge in [0.05, 0.1) is 0 Å². The summed E-state index contributed by atoms with van der Waals surface area (Å²) in [7, 11) is 2.01. The van der Waals surface area contributed by atoms with E-state index in [0.717, 1.165) is 30.6 Å². The van der Waals surface area contributed by atoms with Gasteiger partial charge in [-0.25, -0.2) is 4.79 Å². The van der Waals surface area contributed by atoms with Crippen LogP contribution in [0, 0.1) is 5.92 Å². The Bertz CT molecular complexity index is 575. The van der Waals surface area contributed by atoms with Gasteiger partial charge in [0.25, 0.3) is 5.56 Å². The first kappa shape index (κ1) is 14.8. The number of likely N-dealkylation sites (N-methyl/N-ethyl adjacent to an activating group) is 1. The van der Waals surface area contributed by atoms with Gasteiger partial charge in [-0.3, -0.25) is 4.79 Å². The molecule has 20 heavy (non-hydrogen) atoms. The van der Waals surface area contributed by atoms with Gasteiger partial charge in [-0.05, 0) is 31.0 Å². The molecule has 0 spiro atoms. The molecule has 1 aliphatic heterocycles. The van der Waals surface area contributed by atoms with Crippen LogP contribution in [0.3, 0.4) is 0 Å². The van der Waals surface area contributed by atoms with Gasteiger partial charge in [0.1, 0.15) is 5.56 Å². The van der Waals surface area contributed by atoms with Crippen molar-refractivity contribution >= 4 is 5.97 Å². The lowest BCUT2D eigenvalue weighted by Gasteiger charge is -2.28. The van der Waals surface area contributed by atoms with Crippen LogP contribution in [-0.2, 0) is 19.5 Å². The monoisotopic (exact) mass is 278 g/mol. The highest BCUT2D eigenvalue weighted by Gasteiger charge is 2.22. The summed E-state index contributed by atoms with van der Waals surface area (Å²) in [6.07, 6.45) is 1.68. The third kappa shape index (κ3) is 2.93. The molecule has 0 amide bonds. The molecule has 0 saturated heterocycles. The second-order valence-corrected chi connectivity index (χ2v) is 5.96. The van der Waals surface area contributed by atoms with Crippen LogP contribution in [0.15, 0.2) is 10.9 Å². The second kappa shape index (κ2) is 5.79. The highest BCUT2D eigenvalue weighted by Crippen LogP contribution is 2.18. The zero-order valence-electron chi connectivity index (χ0n) is 12.3. The zero-order valence-corrected chi connectivity index (χ0v) is 12.3. The van der Waals surface area contributed by atoms with Crippen LogP contribution in [-0.4, -0.2) is 34.1 Å². The molecule has 2 heterocycles. The number of carbonyl (C=O) groups is 1. The molecule has 5 heteroatoms. The van der Waals surface area contributed by atoms with E-state index >= 15 is 0 Å². The van der Waals surface area contributed by atoms with E-state index in [1.807, 2.05) is 7.05 Å². The number of pyridine rings is 1. The first-order valence-electron chi connectivity index (χ1n) is 7.07. The molecule has 0 unspecified atom stereocenters. The van der Waals surface area contributed by atoms with Gasteiger partial charge in [0, 0.05) is 31.7 Å². The lowest BCUT2D eigenvalue weighted by molar-refractivity contribution is 0.0693. The van der Waals surface area contributed by atoms with Crippen molar-refractivity contribution < 1.29 is 9.90 Å². The van der Waals surface area contributed by atoms with E-state index in [9.17, 15) is 14.7 Å². The van der Waals surface area contributed by atoms with Gasteiger partial charge in [0.2, 0.25) is 0 Å². The number of hydrogen-bond acceptors (Lipinski definition) is 3. The summed E-state index contributed by atoms with van der Waals surface area (Å²) in [6.45, 7) is 6.42. The largest absolute Gasteiger partial charge is 0.477 e. The van der Waals surface area contributed by atoms with Crippen molar-refractivity contribution in [3.8, 4) is 0 Å². The van der Waals surface area contributed by atoms with E-state index in [2.05, 4.69) is 18.7 Å². The first-order valence-corrected chi connectivity index (χ1v) is 7.07. The Hall–Kier alpha value is -1.62. The minimum atomic E-state index is -1.13. The maximum Gasteiger partial charge on any atom is 0.341 e. The summed E-state index contributed by atoms with van der Waals surface area (Å²) in [5.74, 6) is -0.651. The maximum atomic E-state index is 12.3. The molecule has 110 valence electrons. The Balaban J connectivity index is 2.51. The third-order valence-corrected chi connectivity index (χ3v) is 3.82. The van der Waals surface area contributed by atoms with Crippen molar-refractivity contribution in [2.45, 2.75) is 39.8 Å². The van der Waals surface area contributed by atoms with Gasteiger partial charge < -0.3 is 14.6 Å². The van der Waals surface area contributed by atoms with Crippen LogP contribution in [0.1, 0.15) is 41.9 Å². The number of fused-ring (bicyclic) bond motifs is 1. The summed E-state index contributed by atoms with van der Waals surface area (Å²) in [6, 6.07) is 1.56. The lowest BCUT2D eigenvalue weighted by atomic mass is 10.0. The summed E-state index contributed by atoms with van der Waals surface area (Å²) < 4.78 is 1.69. The Morgan fingerprint density at radius 3 is 2.75 bits per heavy atom. The van der Waals surface area contributed by atoms with Crippen molar-refractivity contribution in [3.63, 3.8) is 0 Å². The predicted molar refractivity (Wildman–Crippen MR) is 77.2 cm³/mol. The molecular weight excluding hydrogens is 256 g/mol. The predicted octanol–water partition coefficient (Wildman–Crippen LogP) is 1.58. The fourth-order valence-electron chi connectivity index (χ4n) is 2.64. The summed E-state index contributed by atoms with van der Waals surface area (Å²) in [5.41, 5.74) is 1.52. The Morgan fingerprint density at radius 2 is 2.15 bits per heavy atom. The second-order valence-electron chi connectivity index (χ2n) is 5.96. The van der Waals surface area contributed by atoms with E-state index in [0.29, 0.717) is 19.0 Å². The number of nitrogens with zero attached hydrogens (tertiary/aromatic N) is 2. The topological polar surface area (TPSA) is 62.5 Å². The molecular formula is C15H22N2O3. The quantitative estimate of drug-likeness (QED) is 0.908. The highest BCUT2D eigenvalue weighted by atomic mass is 16.4. The summed E-state index contributed by atoms with van der Waals surface area (Å²) in [4.78, 5) is 25.7. The van der Waals surface area contributed by atoms with Crippen molar-refractivity contribution in [2.24, 2.45) is 5.92 Å². The first-order chi connectivity index (χ1) is 9.40. The smallest absolute Gasteiger partial charge is 0.341 e. The SMILES string of the molecule is CC(C)CCn1c2c(cc(C(=O)O)c1=O)CN(C)CC2. The van der Waals surface area contributed by atoms with Crippen molar-refractivity contribution in [3.05, 3.63) is 33.2 Å². The average molecular weight is 278 g/mol. The van der Waals surface area contributed by atoms with E-state index in [1.165, 1.54) is 0 Å². The molecule has 0 bridgehead atoms. The average Bonchev–Trinajstić information content (AvgIpc) is 2.36. The molecule has 2 rings (SSSR count). The highest BCUT2D eigenvalue weighted by molar-refractivity contribution is 5.87. The van der Waals surface area contributed by atoms with Crippen LogP contribution in [0.25, 0.3) is 0 Å². The van der Waals surface area contributed by atoms with Crippen molar-refractivity contribution in [1.29, 1.82) is 0 Å². The molecule has 0 saturated carbocycles. The van der Waals surface area contributed by atoms with Crippen LogP contribution in [0.4, 0.5) is 0 Å². The number of hydrogen-bond donors (Lipinski definition) is 1. The molecule has 0 aromatic carbocycles. The van der Waals surface area contributed by atoms with Crippen LogP contribution in [0.2, 0.25) is 0 Å². The zero-order chi connectivity index (χ0) is 14.9. The number of carboxylic acid groups (broad SMARTS) is 1. The normalized spacial score (nSPS) is 15.4. The van der Waals surface area contributed by atoms with Gasteiger partial charge in [-0.15, -0.1) is 0 Å². The van der Waals surface area contributed by atoms with Crippen LogP contribution >= 0.6 is 0 Å². The lowest BCUT2D eigenvalue weighted by Crippen LogP contribution is -2.36. The van der Waals surface area contributed by atoms with Gasteiger partial charge in [-0.1, -0.05) is 13.8 Å². The van der Waals surface area contributed by atoms with Crippen molar-refractivity contribution in [1.82, 2.24) is 9.47 Å². The van der Waals surface area contributed by atoms with Gasteiger partial charge in [-0.2, -0.15) is 0 Å². The molecule has 1 N–H and O–H groups in total. The van der Waals surface area contributed by atoms with Gasteiger partial charge >= 0.3 is 5.97 Å². The number of rotatable bonds is 4. The van der Waals surface area contributed by atoms with Gasteiger partial charge in [0.15, 0.2) is 0 Å². The number of carboxylic acids is 1. The number of aromatic carboxylic acids is 1. The van der Waals surface area contributed by atoms with E-state index < -0.39 is 5.97 Å². The fourth-order valence-corrected chi connectivity index (χ4v) is 2.64. The molecule has 0 atom stereocenters. The summed E-state index contributed by atoms with van der Waals surface area (Å²) in [5, 5.41) is 9.21. The Kier molecular flexibility index (Phi) is 4.28. The third-order valence-electron chi connectivity index (χ3n) is 3.82. The van der Waals surface area contributed by atoms with E-state index in [4.69, 9.17) is 0 Å². The van der Waals surface area contributed by atoms with Crippen molar-refractivity contribution in [2.75, 3.05) is 13.6 Å².